The van der Waals surface area contributed by atoms with Crippen LogP contribution in [-0.2, 0) is 4.79 Å². The van der Waals surface area contributed by atoms with Gasteiger partial charge < -0.3 is 10.3 Å². The van der Waals surface area contributed by atoms with Crippen LogP contribution in [0.4, 0.5) is 5.69 Å². The van der Waals surface area contributed by atoms with E-state index in [-0.39, 0.29) is 11.8 Å². The molecule has 0 aliphatic heterocycles. The number of anilines is 1. The zero-order valence-electron chi connectivity index (χ0n) is 20.7. The molecule has 0 bridgehead atoms. The third kappa shape index (κ3) is 4.49. The molecular formula is C28H25N7OS. The number of thiophene rings is 1. The van der Waals surface area contributed by atoms with Gasteiger partial charge in [0.05, 0.1) is 29.3 Å². The van der Waals surface area contributed by atoms with Gasteiger partial charge in [0.25, 0.3) is 0 Å². The molecule has 0 saturated heterocycles. The number of pyridine rings is 3. The predicted molar refractivity (Wildman–Crippen MR) is 148 cm³/mol. The van der Waals surface area contributed by atoms with E-state index < -0.39 is 0 Å². The number of amides is 1. The smallest absolute Gasteiger partial charge is 0.224 e. The standard InChI is InChI=1S/C28H25N7OS/c1-15(2)6-26(36)32-19-7-17(10-29-12-19)18-8-21-27(34-35-28(21)31-11-18)23-9-20-22(13-30-14-24(20)33-23)25-5-4-16(3)37-25/h4-5,7-15,33H,6H2,1-3H3,(H,32,36)(H,31,34,35). The lowest BCUT2D eigenvalue weighted by molar-refractivity contribution is -0.116. The first kappa shape index (κ1) is 23.1. The molecule has 0 aromatic carbocycles. The third-order valence-electron chi connectivity index (χ3n) is 6.17. The van der Waals surface area contributed by atoms with E-state index in [1.54, 1.807) is 29.9 Å². The topological polar surface area (TPSA) is 112 Å². The molecule has 0 fully saturated rings. The van der Waals surface area contributed by atoms with Crippen LogP contribution in [0, 0.1) is 12.8 Å². The normalized spacial score (nSPS) is 11.6. The number of hydrogen-bond donors (Lipinski definition) is 3. The second-order valence-corrected chi connectivity index (χ2v) is 10.8. The van der Waals surface area contributed by atoms with E-state index in [1.807, 2.05) is 38.4 Å². The Kier molecular flexibility index (Phi) is 5.77. The van der Waals surface area contributed by atoms with Crippen molar-refractivity contribution < 1.29 is 4.79 Å². The Balaban J connectivity index is 1.38. The van der Waals surface area contributed by atoms with Crippen molar-refractivity contribution in [2.24, 2.45) is 5.92 Å². The van der Waals surface area contributed by atoms with Gasteiger partial charge in [-0.05, 0) is 43.2 Å². The van der Waals surface area contributed by atoms with Crippen LogP contribution in [0.25, 0.3) is 54.9 Å². The molecule has 184 valence electrons. The summed E-state index contributed by atoms with van der Waals surface area (Å²) >= 11 is 1.75. The van der Waals surface area contributed by atoms with Crippen molar-refractivity contribution in [2.75, 3.05) is 5.32 Å². The second kappa shape index (κ2) is 9.25. The number of fused-ring (bicyclic) bond motifs is 2. The van der Waals surface area contributed by atoms with Crippen LogP contribution in [0.3, 0.4) is 0 Å². The van der Waals surface area contributed by atoms with Crippen LogP contribution in [0.15, 0.2) is 61.3 Å². The number of carbonyl (C=O) groups is 1. The lowest BCUT2D eigenvalue weighted by Gasteiger charge is -2.08. The lowest BCUT2D eigenvalue weighted by Crippen LogP contribution is -2.13. The van der Waals surface area contributed by atoms with Gasteiger partial charge in [0.1, 0.15) is 5.69 Å². The Morgan fingerprint density at radius 1 is 1.00 bits per heavy atom. The molecule has 8 nitrogen and oxygen atoms in total. The third-order valence-corrected chi connectivity index (χ3v) is 7.21. The Bertz CT molecular complexity index is 1760. The summed E-state index contributed by atoms with van der Waals surface area (Å²) in [7, 11) is 0. The fourth-order valence-corrected chi connectivity index (χ4v) is 5.36. The molecule has 0 atom stereocenters. The molecule has 0 unspecified atom stereocenters. The van der Waals surface area contributed by atoms with E-state index in [9.17, 15) is 4.79 Å². The lowest BCUT2D eigenvalue weighted by atomic mass is 10.1. The van der Waals surface area contributed by atoms with Crippen molar-refractivity contribution in [2.45, 2.75) is 27.2 Å². The Labute approximate surface area is 217 Å². The first-order valence-corrected chi connectivity index (χ1v) is 12.9. The first-order valence-electron chi connectivity index (χ1n) is 12.1. The molecule has 0 aliphatic rings. The summed E-state index contributed by atoms with van der Waals surface area (Å²) in [5.41, 5.74) is 6.81. The summed E-state index contributed by atoms with van der Waals surface area (Å²) in [6.07, 6.45) is 9.42. The molecule has 0 spiro atoms. The molecular weight excluding hydrogens is 482 g/mol. The summed E-state index contributed by atoms with van der Waals surface area (Å²) in [6.45, 7) is 6.14. The van der Waals surface area contributed by atoms with Crippen molar-refractivity contribution >= 4 is 44.9 Å². The fraction of sp³-hybridized carbons (Fsp3) is 0.179. The number of aromatic nitrogens is 6. The van der Waals surface area contributed by atoms with Gasteiger partial charge in [-0.25, -0.2) is 4.98 Å². The van der Waals surface area contributed by atoms with Gasteiger partial charge >= 0.3 is 0 Å². The highest BCUT2D eigenvalue weighted by molar-refractivity contribution is 7.15. The molecule has 0 radical (unpaired) electrons. The van der Waals surface area contributed by atoms with Crippen LogP contribution in [0.2, 0.25) is 0 Å². The average molecular weight is 508 g/mol. The zero-order valence-corrected chi connectivity index (χ0v) is 21.5. The summed E-state index contributed by atoms with van der Waals surface area (Å²) in [6, 6.07) is 10.3. The monoisotopic (exact) mass is 507 g/mol. The van der Waals surface area contributed by atoms with Crippen molar-refractivity contribution in [1.82, 2.24) is 30.1 Å². The predicted octanol–water partition coefficient (Wildman–Crippen LogP) is 6.58. The Hall–Kier alpha value is -4.37. The van der Waals surface area contributed by atoms with Crippen LogP contribution < -0.4 is 5.32 Å². The number of aromatic amines is 2. The SMILES string of the molecule is Cc1ccc(-c2cncc3[nH]c(-c4n[nH]c5ncc(-c6cncc(NC(=O)CC(C)C)c6)cc45)cc23)s1. The molecule has 6 aromatic heterocycles. The molecule has 3 N–H and O–H groups in total. The van der Waals surface area contributed by atoms with Gasteiger partial charge in [-0.3, -0.25) is 19.9 Å². The zero-order chi connectivity index (χ0) is 25.5. The van der Waals surface area contributed by atoms with Crippen molar-refractivity contribution in [3.63, 3.8) is 0 Å². The largest absolute Gasteiger partial charge is 0.352 e. The molecule has 0 aliphatic carbocycles. The van der Waals surface area contributed by atoms with Crippen LogP contribution in [-0.4, -0.2) is 36.0 Å². The second-order valence-electron chi connectivity index (χ2n) is 9.54. The van der Waals surface area contributed by atoms with E-state index in [0.717, 1.165) is 44.4 Å². The number of rotatable bonds is 6. The highest BCUT2D eigenvalue weighted by Crippen LogP contribution is 2.36. The molecule has 6 rings (SSSR count). The Morgan fingerprint density at radius 3 is 2.65 bits per heavy atom. The Morgan fingerprint density at radius 2 is 1.84 bits per heavy atom. The number of carbonyl (C=O) groups excluding carboxylic acids is 1. The van der Waals surface area contributed by atoms with Gasteiger partial charge in [-0.1, -0.05) is 13.8 Å². The van der Waals surface area contributed by atoms with E-state index in [2.05, 4.69) is 60.6 Å². The van der Waals surface area contributed by atoms with E-state index in [4.69, 9.17) is 0 Å². The van der Waals surface area contributed by atoms with E-state index >= 15 is 0 Å². The quantitative estimate of drug-likeness (QED) is 0.236. The summed E-state index contributed by atoms with van der Waals surface area (Å²) in [4.78, 5) is 31.5. The average Bonchev–Trinajstić information content (AvgIpc) is 3.60. The van der Waals surface area contributed by atoms with Crippen molar-refractivity contribution in [3.8, 4) is 33.0 Å². The minimum Gasteiger partial charge on any atom is -0.352 e. The number of nitrogens with one attached hydrogen (secondary N) is 3. The number of hydrogen-bond acceptors (Lipinski definition) is 6. The van der Waals surface area contributed by atoms with Gasteiger partial charge in [0.2, 0.25) is 5.91 Å². The maximum absolute atomic E-state index is 12.2. The van der Waals surface area contributed by atoms with Gasteiger partial charge in [-0.2, -0.15) is 5.10 Å². The van der Waals surface area contributed by atoms with Crippen LogP contribution in [0.5, 0.6) is 0 Å². The van der Waals surface area contributed by atoms with E-state index in [1.165, 1.54) is 9.75 Å². The minimum absolute atomic E-state index is 0.0231. The maximum Gasteiger partial charge on any atom is 0.224 e. The van der Waals surface area contributed by atoms with Crippen molar-refractivity contribution in [3.05, 3.63) is 66.2 Å². The highest BCUT2D eigenvalue weighted by atomic mass is 32.1. The number of aryl methyl sites for hydroxylation is 1. The summed E-state index contributed by atoms with van der Waals surface area (Å²) in [5, 5.41) is 12.5. The molecule has 6 aromatic rings. The highest BCUT2D eigenvalue weighted by Gasteiger charge is 2.16. The molecule has 1 amide bonds. The minimum atomic E-state index is -0.0231. The van der Waals surface area contributed by atoms with Crippen LogP contribution >= 0.6 is 11.3 Å². The maximum atomic E-state index is 12.2. The van der Waals surface area contributed by atoms with Gasteiger partial charge in [-0.15, -0.1) is 11.3 Å². The molecule has 0 saturated carbocycles. The van der Waals surface area contributed by atoms with Gasteiger partial charge in [0, 0.05) is 62.2 Å². The first-order chi connectivity index (χ1) is 17.9. The molecule has 37 heavy (non-hydrogen) atoms. The van der Waals surface area contributed by atoms with E-state index in [0.29, 0.717) is 17.8 Å². The number of H-pyrrole nitrogens is 2. The van der Waals surface area contributed by atoms with Gasteiger partial charge in [0.15, 0.2) is 5.65 Å². The summed E-state index contributed by atoms with van der Waals surface area (Å²) in [5.74, 6) is 0.262. The van der Waals surface area contributed by atoms with Crippen molar-refractivity contribution in [1.29, 1.82) is 0 Å². The number of nitrogens with zero attached hydrogens (tertiary/aromatic N) is 4. The fourth-order valence-electron chi connectivity index (χ4n) is 4.47. The molecule has 9 heteroatoms. The molecule has 6 heterocycles. The summed E-state index contributed by atoms with van der Waals surface area (Å²) < 4.78 is 0. The van der Waals surface area contributed by atoms with Crippen LogP contribution in [0.1, 0.15) is 25.1 Å².